The fraction of sp³-hybridized carbons (Fsp3) is 0.208. The van der Waals surface area contributed by atoms with Gasteiger partial charge in [0.05, 0.1) is 32.0 Å². The summed E-state index contributed by atoms with van der Waals surface area (Å²) in [6.07, 6.45) is -0.0838. The number of nitrogens with zero attached hydrogens (tertiary/aromatic N) is 2. The maximum Gasteiger partial charge on any atom is 0.277 e. The van der Waals surface area contributed by atoms with E-state index in [0.717, 1.165) is 11.3 Å². The molecule has 2 aromatic carbocycles. The van der Waals surface area contributed by atoms with Crippen molar-refractivity contribution in [2.24, 2.45) is 0 Å². The third-order valence-corrected chi connectivity index (χ3v) is 6.07. The molecule has 9 heteroatoms. The average molecular weight is 465 g/mol. The summed E-state index contributed by atoms with van der Waals surface area (Å²) >= 11 is 1.36. The lowest BCUT2D eigenvalue weighted by Gasteiger charge is -2.11. The number of methoxy groups -OCH3 is 2. The highest BCUT2D eigenvalue weighted by atomic mass is 32.1. The molecule has 4 aromatic rings. The van der Waals surface area contributed by atoms with Crippen molar-refractivity contribution in [2.75, 3.05) is 19.5 Å². The lowest BCUT2D eigenvalue weighted by atomic mass is 10.1. The number of carbonyl (C=O) groups is 1. The molecule has 0 fully saturated rings. The van der Waals surface area contributed by atoms with Gasteiger partial charge in [-0.15, -0.1) is 11.3 Å². The summed E-state index contributed by atoms with van der Waals surface area (Å²) in [5.74, 6) is 0.754. The molecule has 0 saturated heterocycles. The highest BCUT2D eigenvalue weighted by molar-refractivity contribution is 7.12. The number of hydrogen-bond donors (Lipinski definition) is 2. The van der Waals surface area contributed by atoms with Gasteiger partial charge in [-0.05, 0) is 26.0 Å². The lowest BCUT2D eigenvalue weighted by molar-refractivity contribution is -0.115. The van der Waals surface area contributed by atoms with Crippen molar-refractivity contribution >= 4 is 22.9 Å². The molecule has 0 unspecified atom stereocenters. The number of anilines is 1. The van der Waals surface area contributed by atoms with Crippen LogP contribution < -0.4 is 20.3 Å². The second kappa shape index (κ2) is 9.33. The van der Waals surface area contributed by atoms with Crippen molar-refractivity contribution in [1.82, 2.24) is 14.8 Å². The molecule has 2 N–H and O–H groups in total. The minimum atomic E-state index is -0.329. The minimum absolute atomic E-state index is 0.0838. The number of benzene rings is 2. The number of thiazole rings is 1. The van der Waals surface area contributed by atoms with Gasteiger partial charge in [0.25, 0.3) is 5.56 Å². The first-order valence-corrected chi connectivity index (χ1v) is 11.1. The fourth-order valence-corrected chi connectivity index (χ4v) is 4.20. The summed E-state index contributed by atoms with van der Waals surface area (Å²) < 4.78 is 11.9. The number of hydrogen-bond acceptors (Lipinski definition) is 6. The van der Waals surface area contributed by atoms with E-state index in [1.54, 1.807) is 32.2 Å². The second-order valence-electron chi connectivity index (χ2n) is 7.53. The van der Waals surface area contributed by atoms with Gasteiger partial charge in [-0.3, -0.25) is 14.7 Å². The maximum atomic E-state index is 13.1. The van der Waals surface area contributed by atoms with E-state index in [-0.39, 0.29) is 17.9 Å². The van der Waals surface area contributed by atoms with Crippen molar-refractivity contribution in [1.29, 1.82) is 0 Å². The summed E-state index contributed by atoms with van der Waals surface area (Å²) in [4.78, 5) is 30.4. The van der Waals surface area contributed by atoms with Gasteiger partial charge in [0.15, 0.2) is 0 Å². The molecule has 2 aromatic heterocycles. The molecule has 0 aliphatic heterocycles. The predicted molar refractivity (Wildman–Crippen MR) is 129 cm³/mol. The van der Waals surface area contributed by atoms with Crippen LogP contribution in [0.5, 0.6) is 11.5 Å². The molecule has 0 saturated carbocycles. The molecular weight excluding hydrogens is 440 g/mol. The van der Waals surface area contributed by atoms with Gasteiger partial charge in [0.2, 0.25) is 11.0 Å². The Labute approximate surface area is 194 Å². The summed E-state index contributed by atoms with van der Waals surface area (Å²) in [6.45, 7) is 3.79. The van der Waals surface area contributed by atoms with E-state index in [0.29, 0.717) is 33.6 Å². The molecule has 170 valence electrons. The summed E-state index contributed by atoms with van der Waals surface area (Å²) in [5.41, 5.74) is 4.14. The van der Waals surface area contributed by atoms with Gasteiger partial charge in [0, 0.05) is 28.3 Å². The zero-order chi connectivity index (χ0) is 23.5. The van der Waals surface area contributed by atoms with Crippen molar-refractivity contribution in [3.63, 3.8) is 0 Å². The van der Waals surface area contributed by atoms with Crippen molar-refractivity contribution in [3.8, 4) is 27.9 Å². The Morgan fingerprint density at radius 3 is 2.58 bits per heavy atom. The number of aromatic nitrogens is 3. The number of H-pyrrole nitrogens is 1. The number of aryl methyl sites for hydroxylation is 2. The smallest absolute Gasteiger partial charge is 0.277 e. The third kappa shape index (κ3) is 4.68. The largest absolute Gasteiger partial charge is 0.497 e. The van der Waals surface area contributed by atoms with Crippen LogP contribution in [0.25, 0.3) is 16.4 Å². The first kappa shape index (κ1) is 22.3. The molecule has 0 atom stereocenters. The normalized spacial score (nSPS) is 10.8. The van der Waals surface area contributed by atoms with Crippen LogP contribution in [-0.4, -0.2) is 34.9 Å². The maximum absolute atomic E-state index is 13.1. The van der Waals surface area contributed by atoms with E-state index in [2.05, 4.69) is 15.4 Å². The van der Waals surface area contributed by atoms with Crippen LogP contribution in [0.1, 0.15) is 16.8 Å². The van der Waals surface area contributed by atoms with Crippen molar-refractivity contribution in [2.45, 2.75) is 20.3 Å². The quantitative estimate of drug-likeness (QED) is 0.429. The first-order chi connectivity index (χ1) is 15.9. The summed E-state index contributed by atoms with van der Waals surface area (Å²) in [6, 6.07) is 13.1. The molecule has 33 heavy (non-hydrogen) atoms. The molecule has 8 nitrogen and oxygen atoms in total. The summed E-state index contributed by atoms with van der Waals surface area (Å²) in [5, 5.41) is 8.26. The molecule has 4 rings (SSSR count). The molecule has 0 aliphatic carbocycles. The van der Waals surface area contributed by atoms with E-state index < -0.39 is 0 Å². The van der Waals surface area contributed by atoms with Gasteiger partial charge in [-0.1, -0.05) is 29.8 Å². The van der Waals surface area contributed by atoms with Crippen LogP contribution in [0.4, 0.5) is 5.69 Å². The SMILES string of the molecule is COc1ccc(NC(=O)Cc2c(C)[nH]n(-c3nc(-c4ccc(C)cc4)cs3)c2=O)c(OC)c1. The van der Waals surface area contributed by atoms with Gasteiger partial charge in [0.1, 0.15) is 11.5 Å². The molecule has 2 heterocycles. The van der Waals surface area contributed by atoms with E-state index in [1.165, 1.54) is 28.7 Å². The molecule has 0 spiro atoms. The third-order valence-electron chi connectivity index (χ3n) is 5.24. The van der Waals surface area contributed by atoms with Crippen LogP contribution in [0.15, 0.2) is 52.6 Å². The van der Waals surface area contributed by atoms with Gasteiger partial charge in [-0.2, -0.15) is 4.68 Å². The number of amides is 1. The van der Waals surface area contributed by atoms with Crippen LogP contribution >= 0.6 is 11.3 Å². The first-order valence-electron chi connectivity index (χ1n) is 10.2. The van der Waals surface area contributed by atoms with Crippen LogP contribution in [-0.2, 0) is 11.2 Å². The number of nitrogens with one attached hydrogen (secondary N) is 2. The number of ether oxygens (including phenoxy) is 2. The Morgan fingerprint density at radius 1 is 1.12 bits per heavy atom. The van der Waals surface area contributed by atoms with Crippen molar-refractivity contribution < 1.29 is 14.3 Å². The van der Waals surface area contributed by atoms with E-state index >= 15 is 0 Å². The molecule has 0 bridgehead atoms. The molecule has 0 aliphatic rings. The topological polar surface area (TPSA) is 98.2 Å². The minimum Gasteiger partial charge on any atom is -0.497 e. The molecule has 1 amide bonds. The number of aromatic amines is 1. The highest BCUT2D eigenvalue weighted by Gasteiger charge is 2.19. The average Bonchev–Trinajstić information content (AvgIpc) is 3.40. The van der Waals surface area contributed by atoms with Gasteiger partial charge in [-0.25, -0.2) is 4.98 Å². The van der Waals surface area contributed by atoms with Crippen LogP contribution in [0.2, 0.25) is 0 Å². The lowest BCUT2D eigenvalue weighted by Crippen LogP contribution is -2.22. The summed E-state index contributed by atoms with van der Waals surface area (Å²) in [7, 11) is 3.07. The molecular formula is C24H24N4O4S. The highest BCUT2D eigenvalue weighted by Crippen LogP contribution is 2.29. The Bertz CT molecular complexity index is 1350. The monoisotopic (exact) mass is 464 g/mol. The number of carbonyl (C=O) groups excluding carboxylic acids is 1. The van der Waals surface area contributed by atoms with Gasteiger partial charge < -0.3 is 14.8 Å². The number of rotatable bonds is 7. The second-order valence-corrected chi connectivity index (χ2v) is 8.36. The Balaban J connectivity index is 1.54. The van der Waals surface area contributed by atoms with Crippen molar-refractivity contribution in [3.05, 3.63) is 75.0 Å². The fourth-order valence-electron chi connectivity index (χ4n) is 3.40. The van der Waals surface area contributed by atoms with Crippen LogP contribution in [0, 0.1) is 13.8 Å². The van der Waals surface area contributed by atoms with Crippen LogP contribution in [0.3, 0.4) is 0 Å². The van der Waals surface area contributed by atoms with E-state index in [4.69, 9.17) is 9.47 Å². The Kier molecular flexibility index (Phi) is 6.32. The van der Waals surface area contributed by atoms with Gasteiger partial charge >= 0.3 is 0 Å². The van der Waals surface area contributed by atoms with E-state index in [1.807, 2.05) is 36.6 Å². The predicted octanol–water partition coefficient (Wildman–Crippen LogP) is 4.10. The standard InChI is InChI=1S/C24H24N4O4S/c1-14-5-7-16(8-6-14)20-13-33-24(26-20)28-23(30)18(15(2)27-28)12-22(29)25-19-10-9-17(31-3)11-21(19)32-4/h5-11,13,27H,12H2,1-4H3,(H,25,29). The Hall–Kier alpha value is -3.85. The van der Waals surface area contributed by atoms with E-state index in [9.17, 15) is 9.59 Å². The zero-order valence-electron chi connectivity index (χ0n) is 18.8. The Morgan fingerprint density at radius 2 is 1.88 bits per heavy atom. The molecule has 0 radical (unpaired) electrons. The zero-order valence-corrected chi connectivity index (χ0v) is 19.6.